The Morgan fingerprint density at radius 2 is 2.47 bits per heavy atom. The Kier molecular flexibility index (Phi) is 2.63. The summed E-state index contributed by atoms with van der Waals surface area (Å²) in [5, 5.41) is 3.36. The van der Waals surface area contributed by atoms with Crippen molar-refractivity contribution in [2.75, 3.05) is 19.6 Å². The maximum absolute atomic E-state index is 12.3. The van der Waals surface area contributed by atoms with Gasteiger partial charge in [0.25, 0.3) is 5.91 Å². The zero-order valence-corrected chi connectivity index (χ0v) is 9.98. The van der Waals surface area contributed by atoms with E-state index >= 15 is 0 Å². The van der Waals surface area contributed by atoms with E-state index in [1.54, 1.807) is 0 Å². The Morgan fingerprint density at radius 1 is 1.59 bits per heavy atom. The monoisotopic (exact) mass is 235 g/mol. The molecule has 92 valence electrons. The van der Waals surface area contributed by atoms with Crippen LogP contribution in [0.3, 0.4) is 0 Å². The molecule has 1 aromatic rings. The van der Waals surface area contributed by atoms with Crippen LogP contribution in [0.25, 0.3) is 0 Å². The van der Waals surface area contributed by atoms with Gasteiger partial charge in [-0.3, -0.25) is 4.79 Å². The molecule has 2 saturated heterocycles. The van der Waals surface area contributed by atoms with Crippen LogP contribution in [0, 0.1) is 12.8 Å². The standard InChI is InChI=1S/C12H17N3O2/c1-8-11(17-7-14-8)12(16)15-5-3-9-2-4-13-6-10(9)15/h7,9-10,13H,2-6H2,1H3. The first-order chi connectivity index (χ1) is 8.27. The third-order valence-corrected chi connectivity index (χ3v) is 3.93. The van der Waals surface area contributed by atoms with Gasteiger partial charge in [0, 0.05) is 19.1 Å². The van der Waals surface area contributed by atoms with Crippen molar-refractivity contribution in [2.45, 2.75) is 25.8 Å². The van der Waals surface area contributed by atoms with Crippen LogP contribution in [0.4, 0.5) is 0 Å². The molecule has 1 aromatic heterocycles. The van der Waals surface area contributed by atoms with Crippen LogP contribution in [-0.2, 0) is 0 Å². The summed E-state index contributed by atoms with van der Waals surface area (Å²) in [5.41, 5.74) is 0.683. The smallest absolute Gasteiger partial charge is 0.291 e. The fourth-order valence-corrected chi connectivity index (χ4v) is 2.96. The number of piperidine rings is 1. The SMILES string of the molecule is Cc1ncoc1C(=O)N1CCC2CCNCC21. The van der Waals surface area contributed by atoms with Crippen LogP contribution in [0.2, 0.25) is 0 Å². The van der Waals surface area contributed by atoms with Crippen LogP contribution in [-0.4, -0.2) is 41.5 Å². The largest absolute Gasteiger partial charge is 0.438 e. The van der Waals surface area contributed by atoms with Gasteiger partial charge in [0.1, 0.15) is 0 Å². The van der Waals surface area contributed by atoms with Crippen LogP contribution >= 0.6 is 0 Å². The second-order valence-corrected chi connectivity index (χ2v) is 4.87. The average Bonchev–Trinajstić information content (AvgIpc) is 2.94. The number of rotatable bonds is 1. The molecule has 1 amide bonds. The molecule has 1 N–H and O–H groups in total. The molecule has 3 heterocycles. The van der Waals surface area contributed by atoms with E-state index in [0.717, 1.165) is 26.1 Å². The summed E-state index contributed by atoms with van der Waals surface area (Å²) in [7, 11) is 0. The van der Waals surface area contributed by atoms with E-state index in [0.29, 0.717) is 23.4 Å². The molecule has 17 heavy (non-hydrogen) atoms. The minimum Gasteiger partial charge on any atom is -0.438 e. The molecule has 0 aliphatic carbocycles. The van der Waals surface area contributed by atoms with Crippen molar-refractivity contribution in [1.29, 1.82) is 0 Å². The quantitative estimate of drug-likeness (QED) is 0.782. The first-order valence-corrected chi connectivity index (χ1v) is 6.19. The number of amides is 1. The molecule has 0 saturated carbocycles. The zero-order valence-electron chi connectivity index (χ0n) is 9.98. The molecule has 5 heteroatoms. The number of aromatic nitrogens is 1. The Morgan fingerprint density at radius 3 is 3.24 bits per heavy atom. The van der Waals surface area contributed by atoms with Gasteiger partial charge in [-0.05, 0) is 32.2 Å². The predicted octanol–water partition coefficient (Wildman–Crippen LogP) is 0.807. The first kappa shape index (κ1) is 10.8. The highest BCUT2D eigenvalue weighted by atomic mass is 16.3. The van der Waals surface area contributed by atoms with E-state index in [4.69, 9.17) is 4.42 Å². The Bertz CT molecular complexity index is 429. The van der Waals surface area contributed by atoms with Gasteiger partial charge in [0.2, 0.25) is 5.76 Å². The molecule has 2 atom stereocenters. The normalized spacial score (nSPS) is 28.2. The number of carbonyl (C=O) groups excluding carboxylic acids is 1. The fraction of sp³-hybridized carbons (Fsp3) is 0.667. The highest BCUT2D eigenvalue weighted by Gasteiger charge is 2.39. The van der Waals surface area contributed by atoms with E-state index in [9.17, 15) is 4.79 Å². The van der Waals surface area contributed by atoms with Crippen LogP contribution in [0.1, 0.15) is 29.1 Å². The summed E-state index contributed by atoms with van der Waals surface area (Å²) < 4.78 is 5.20. The number of nitrogens with one attached hydrogen (secondary N) is 1. The highest BCUT2D eigenvalue weighted by Crippen LogP contribution is 2.30. The van der Waals surface area contributed by atoms with Gasteiger partial charge in [0.05, 0.1) is 5.69 Å². The Labute approximate surface area is 100 Å². The molecule has 2 aliphatic heterocycles. The summed E-state index contributed by atoms with van der Waals surface area (Å²) >= 11 is 0. The maximum atomic E-state index is 12.3. The predicted molar refractivity (Wildman–Crippen MR) is 61.7 cm³/mol. The van der Waals surface area contributed by atoms with E-state index in [2.05, 4.69) is 10.3 Å². The van der Waals surface area contributed by atoms with Crippen molar-refractivity contribution < 1.29 is 9.21 Å². The molecule has 2 fully saturated rings. The molecule has 2 aliphatic rings. The van der Waals surface area contributed by atoms with Gasteiger partial charge in [0.15, 0.2) is 6.39 Å². The lowest BCUT2D eigenvalue weighted by atomic mass is 9.93. The fourth-order valence-electron chi connectivity index (χ4n) is 2.96. The molecule has 0 bridgehead atoms. The molecule has 2 unspecified atom stereocenters. The number of likely N-dealkylation sites (tertiary alicyclic amines) is 1. The summed E-state index contributed by atoms with van der Waals surface area (Å²) in [4.78, 5) is 18.3. The van der Waals surface area contributed by atoms with Crippen molar-refractivity contribution in [2.24, 2.45) is 5.92 Å². The summed E-state index contributed by atoms with van der Waals surface area (Å²) in [6.07, 6.45) is 3.63. The van der Waals surface area contributed by atoms with Crippen LogP contribution < -0.4 is 5.32 Å². The summed E-state index contributed by atoms with van der Waals surface area (Å²) in [5.74, 6) is 1.05. The lowest BCUT2D eigenvalue weighted by Crippen LogP contribution is -2.48. The van der Waals surface area contributed by atoms with Gasteiger partial charge in [-0.2, -0.15) is 0 Å². The van der Waals surface area contributed by atoms with E-state index in [-0.39, 0.29) is 5.91 Å². The lowest BCUT2D eigenvalue weighted by Gasteiger charge is -2.31. The van der Waals surface area contributed by atoms with E-state index in [1.807, 2.05) is 11.8 Å². The van der Waals surface area contributed by atoms with Gasteiger partial charge < -0.3 is 14.6 Å². The number of carbonyl (C=O) groups is 1. The first-order valence-electron chi connectivity index (χ1n) is 6.19. The second-order valence-electron chi connectivity index (χ2n) is 4.87. The summed E-state index contributed by atoms with van der Waals surface area (Å²) in [6, 6.07) is 0.334. The van der Waals surface area contributed by atoms with Crippen molar-refractivity contribution >= 4 is 5.91 Å². The zero-order chi connectivity index (χ0) is 11.8. The van der Waals surface area contributed by atoms with Gasteiger partial charge in [-0.1, -0.05) is 0 Å². The van der Waals surface area contributed by atoms with Crippen molar-refractivity contribution in [3.05, 3.63) is 17.8 Å². The highest BCUT2D eigenvalue weighted by molar-refractivity contribution is 5.92. The minimum atomic E-state index is -0.00352. The van der Waals surface area contributed by atoms with E-state index < -0.39 is 0 Å². The molecule has 0 radical (unpaired) electrons. The number of fused-ring (bicyclic) bond motifs is 1. The van der Waals surface area contributed by atoms with E-state index in [1.165, 1.54) is 12.8 Å². The molecular formula is C12H17N3O2. The molecule has 0 spiro atoms. The lowest BCUT2D eigenvalue weighted by molar-refractivity contribution is 0.0669. The molecular weight excluding hydrogens is 218 g/mol. The molecule has 5 nitrogen and oxygen atoms in total. The van der Waals surface area contributed by atoms with Crippen molar-refractivity contribution in [1.82, 2.24) is 15.2 Å². The minimum absolute atomic E-state index is 0.00352. The van der Waals surface area contributed by atoms with Gasteiger partial charge >= 0.3 is 0 Å². The number of oxazole rings is 1. The maximum Gasteiger partial charge on any atom is 0.291 e. The average molecular weight is 235 g/mol. The third kappa shape index (κ3) is 1.74. The Balaban J connectivity index is 1.81. The number of nitrogens with zero attached hydrogens (tertiary/aromatic N) is 2. The Hall–Kier alpha value is -1.36. The molecule has 3 rings (SSSR count). The third-order valence-electron chi connectivity index (χ3n) is 3.93. The summed E-state index contributed by atoms with van der Waals surface area (Å²) in [6.45, 7) is 4.63. The number of hydrogen-bond acceptors (Lipinski definition) is 4. The number of aryl methyl sites for hydroxylation is 1. The van der Waals surface area contributed by atoms with Crippen molar-refractivity contribution in [3.63, 3.8) is 0 Å². The topological polar surface area (TPSA) is 58.4 Å². The van der Waals surface area contributed by atoms with Crippen molar-refractivity contribution in [3.8, 4) is 0 Å². The number of hydrogen-bond donors (Lipinski definition) is 1. The van der Waals surface area contributed by atoms with Crippen LogP contribution in [0.5, 0.6) is 0 Å². The second kappa shape index (κ2) is 4.14. The van der Waals surface area contributed by atoms with Crippen LogP contribution in [0.15, 0.2) is 10.8 Å². The van der Waals surface area contributed by atoms with Gasteiger partial charge in [-0.25, -0.2) is 4.98 Å². The molecule has 0 aromatic carbocycles. The van der Waals surface area contributed by atoms with Gasteiger partial charge in [-0.15, -0.1) is 0 Å².